The monoisotopic (exact) mass is 928 g/mol. The van der Waals surface area contributed by atoms with Gasteiger partial charge in [-0.25, -0.2) is 4.98 Å². The van der Waals surface area contributed by atoms with E-state index in [0.717, 1.165) is 73.4 Å². The van der Waals surface area contributed by atoms with Gasteiger partial charge in [-0.1, -0.05) is 196 Å². The highest BCUT2D eigenvalue weighted by atomic mass is 16.5. The molecule has 1 spiro atoms. The molecule has 0 fully saturated rings. The Morgan fingerprint density at radius 2 is 1.14 bits per heavy atom. The van der Waals surface area contributed by atoms with Crippen LogP contribution in [0.5, 0.6) is 11.5 Å². The molecule has 1 aliphatic heterocycles. The molecule has 11 aromatic rings. The molecule has 1 N–H and O–H groups in total. The first kappa shape index (κ1) is 43.4. The number of para-hydroxylation sites is 3. The zero-order valence-electron chi connectivity index (χ0n) is 41.2. The summed E-state index contributed by atoms with van der Waals surface area (Å²) in [5.41, 5.74) is 19.5. The van der Waals surface area contributed by atoms with Crippen LogP contribution in [0.3, 0.4) is 0 Å². The Morgan fingerprint density at radius 3 is 1.83 bits per heavy atom. The topological polar surface area (TPSA) is 42.3 Å². The van der Waals surface area contributed by atoms with Crippen molar-refractivity contribution in [3.05, 3.63) is 252 Å². The molecule has 2 aromatic heterocycles. The summed E-state index contributed by atoms with van der Waals surface area (Å²) in [6.45, 7) is 9.38. The van der Waals surface area contributed by atoms with Gasteiger partial charge in [0.2, 0.25) is 6.71 Å². The van der Waals surface area contributed by atoms with Gasteiger partial charge in [0.05, 0.1) is 33.5 Å². The van der Waals surface area contributed by atoms with E-state index in [1.165, 1.54) is 49.5 Å². The van der Waals surface area contributed by atoms with Gasteiger partial charge in [-0.15, -0.1) is 0 Å². The number of ether oxygens (including phenoxy) is 1. The van der Waals surface area contributed by atoms with Crippen LogP contribution in [0.1, 0.15) is 48.6 Å². The maximum absolute atomic E-state index is 7.18. The van der Waals surface area contributed by atoms with Gasteiger partial charge in [-0.05, 0) is 92.9 Å². The number of aromatic nitrogens is 2. The van der Waals surface area contributed by atoms with Crippen LogP contribution in [0.25, 0.3) is 49.9 Å². The molecule has 9 aromatic carbocycles. The average Bonchev–Trinajstić information content (AvgIpc) is 3.91. The molecule has 6 heteroatoms. The number of anilines is 4. The zero-order chi connectivity index (χ0) is 48.7. The van der Waals surface area contributed by atoms with Crippen molar-refractivity contribution < 1.29 is 4.74 Å². The third kappa shape index (κ3) is 6.73. The van der Waals surface area contributed by atoms with Crippen molar-refractivity contribution in [3.63, 3.8) is 0 Å². The molecule has 0 amide bonds. The number of benzene rings is 9. The van der Waals surface area contributed by atoms with Gasteiger partial charge < -0.3 is 15.0 Å². The molecule has 3 heterocycles. The van der Waals surface area contributed by atoms with Gasteiger partial charge in [-0.2, -0.15) is 0 Å². The Labute approximate surface area is 422 Å². The highest BCUT2D eigenvalue weighted by molar-refractivity contribution is 6.85. The summed E-state index contributed by atoms with van der Waals surface area (Å²) < 4.78 is 9.54. The van der Waals surface area contributed by atoms with E-state index in [1.807, 2.05) is 6.20 Å². The summed E-state index contributed by atoms with van der Waals surface area (Å²) in [6.07, 6.45) is 1.96. The highest BCUT2D eigenvalue weighted by Gasteiger charge is 2.51. The maximum Gasteiger partial charge on any atom is 0.207 e. The average molecular weight is 929 g/mol. The van der Waals surface area contributed by atoms with E-state index < -0.39 is 5.41 Å². The van der Waals surface area contributed by atoms with Crippen LogP contribution in [0, 0.1) is 0 Å². The van der Waals surface area contributed by atoms with E-state index >= 15 is 0 Å². The van der Waals surface area contributed by atoms with Gasteiger partial charge in [-0.3, -0.25) is 4.57 Å². The van der Waals surface area contributed by atoms with E-state index in [-0.39, 0.29) is 12.1 Å². The molecule has 5 nitrogen and oxygen atoms in total. The minimum atomic E-state index is -0.556. The van der Waals surface area contributed by atoms with Gasteiger partial charge in [0.15, 0.2) is 0 Å². The molecular formula is C66H53BN4O. The quantitative estimate of drug-likeness (QED) is 0.146. The number of rotatable bonds is 9. The van der Waals surface area contributed by atoms with Crippen LogP contribution in [-0.2, 0) is 10.8 Å². The van der Waals surface area contributed by atoms with Crippen molar-refractivity contribution in [1.82, 2.24) is 9.55 Å². The summed E-state index contributed by atoms with van der Waals surface area (Å²) in [4.78, 5) is 7.40. The van der Waals surface area contributed by atoms with Crippen molar-refractivity contribution in [2.75, 3.05) is 17.3 Å². The van der Waals surface area contributed by atoms with Gasteiger partial charge in [0, 0.05) is 53.0 Å². The number of hydrogen-bond donors (Lipinski definition) is 1. The first-order valence-corrected chi connectivity index (χ1v) is 25.1. The maximum atomic E-state index is 7.18. The van der Waals surface area contributed by atoms with E-state index in [9.17, 15) is 0 Å². The number of fused-ring (bicyclic) bond motifs is 6. The minimum absolute atomic E-state index is 0.0545. The fourth-order valence-corrected chi connectivity index (χ4v) is 12.1. The second-order valence-corrected chi connectivity index (χ2v) is 20.5. The molecule has 2 aliphatic rings. The Morgan fingerprint density at radius 1 is 0.542 bits per heavy atom. The Bertz CT molecular complexity index is 3800. The zero-order valence-corrected chi connectivity index (χ0v) is 41.2. The summed E-state index contributed by atoms with van der Waals surface area (Å²) >= 11 is 0. The summed E-state index contributed by atoms with van der Waals surface area (Å²) in [5.74, 6) is 2.40. The van der Waals surface area contributed by atoms with Crippen LogP contribution in [-0.4, -0.2) is 23.3 Å². The number of nitrogens with zero attached hydrogens (tertiary/aromatic N) is 3. The molecular weight excluding hydrogens is 876 g/mol. The lowest BCUT2D eigenvalue weighted by atomic mass is 9.35. The van der Waals surface area contributed by atoms with E-state index in [0.29, 0.717) is 0 Å². The fraction of sp³-hybridized carbons (Fsp3) is 0.106. The third-order valence-corrected chi connectivity index (χ3v) is 15.3. The molecule has 0 saturated carbocycles. The smallest absolute Gasteiger partial charge is 0.207 e. The van der Waals surface area contributed by atoms with Gasteiger partial charge in [0.1, 0.15) is 17.3 Å². The van der Waals surface area contributed by atoms with E-state index in [2.05, 4.69) is 268 Å². The summed E-state index contributed by atoms with van der Waals surface area (Å²) in [7, 11) is 2.17. The van der Waals surface area contributed by atoms with Crippen LogP contribution in [0.15, 0.2) is 225 Å². The number of hydrogen-bond acceptors (Lipinski definition) is 4. The predicted molar refractivity (Wildman–Crippen MR) is 302 cm³/mol. The molecule has 0 radical (unpaired) electrons. The number of pyridine rings is 1. The van der Waals surface area contributed by atoms with Crippen molar-refractivity contribution >= 4 is 62.2 Å². The van der Waals surface area contributed by atoms with Crippen molar-refractivity contribution in [3.8, 4) is 39.6 Å². The highest BCUT2D eigenvalue weighted by Crippen LogP contribution is 2.58. The van der Waals surface area contributed by atoms with Crippen molar-refractivity contribution in [1.29, 1.82) is 0 Å². The lowest BCUT2D eigenvalue weighted by molar-refractivity contribution is 0.482. The van der Waals surface area contributed by atoms with Gasteiger partial charge in [0.25, 0.3) is 0 Å². The molecule has 0 atom stereocenters. The second-order valence-electron chi connectivity index (χ2n) is 20.5. The van der Waals surface area contributed by atoms with Crippen molar-refractivity contribution in [2.24, 2.45) is 0 Å². The Hall–Kier alpha value is -8.61. The fourth-order valence-electron chi connectivity index (χ4n) is 12.1. The van der Waals surface area contributed by atoms with Crippen LogP contribution in [0.2, 0.25) is 6.82 Å². The molecule has 13 rings (SSSR count). The minimum Gasteiger partial charge on any atom is -0.457 e. The molecule has 72 heavy (non-hydrogen) atoms. The van der Waals surface area contributed by atoms with Crippen molar-refractivity contribution in [2.45, 2.75) is 38.4 Å². The normalized spacial score (nSPS) is 13.2. The molecule has 1 aliphatic carbocycles. The Kier molecular flexibility index (Phi) is 10.1. The predicted octanol–water partition coefficient (Wildman–Crippen LogP) is 15.4. The Balaban J connectivity index is 0.943. The first-order chi connectivity index (χ1) is 35.2. The molecule has 0 saturated heterocycles. The molecule has 346 valence electrons. The first-order valence-electron chi connectivity index (χ1n) is 25.1. The van der Waals surface area contributed by atoms with Crippen LogP contribution in [0.4, 0.5) is 22.7 Å². The number of nitrogens with one attached hydrogen (secondary N) is 1. The molecule has 0 unspecified atom stereocenters. The summed E-state index contributed by atoms with van der Waals surface area (Å²) in [5, 5.41) is 6.34. The largest absolute Gasteiger partial charge is 0.457 e. The molecule has 0 bridgehead atoms. The van der Waals surface area contributed by atoms with E-state index in [4.69, 9.17) is 9.72 Å². The lowest BCUT2D eigenvalue weighted by Gasteiger charge is -2.42. The second kappa shape index (κ2) is 16.8. The van der Waals surface area contributed by atoms with Crippen LogP contribution >= 0.6 is 0 Å². The SMILES string of the molecule is CB1c2ccccc2C2(c3ccccc31)c1cccc3c1c1c2cc(Oc2cccc(Nc4ccccc4N(C)c4c(-c5ccccc5)cccc4-c4ccccc4)c2)cc1n3-c1cc(C(C)(C)C)ccn1. The van der Waals surface area contributed by atoms with Gasteiger partial charge >= 0.3 is 0 Å². The third-order valence-electron chi connectivity index (χ3n) is 15.3. The van der Waals surface area contributed by atoms with Crippen LogP contribution < -0.4 is 25.9 Å². The summed E-state index contributed by atoms with van der Waals surface area (Å²) in [6, 6.07) is 78.8. The lowest BCUT2D eigenvalue weighted by Crippen LogP contribution is -2.54. The standard InChI is InChI=1S/C66H53BN4O/c1-65(2,3)45-37-38-68-61(39-45)71-59-36-20-31-53-62(59)63-54(66(53)51-29-12-14-32-55(51)67(4)56-33-15-13-30-52(56)66)41-48(42-60(63)71)72-47-26-18-25-46(40-47)69-57-34-16-17-35-58(57)70(5)64-49(43-21-8-6-9-22-43)27-19-28-50(64)44-23-10-7-11-24-44/h6-42,69H,1-5H3. The van der Waals surface area contributed by atoms with E-state index in [1.54, 1.807) is 0 Å².